The van der Waals surface area contributed by atoms with Crippen molar-refractivity contribution in [3.05, 3.63) is 90.8 Å². The summed E-state index contributed by atoms with van der Waals surface area (Å²) in [6.45, 7) is 0. The third-order valence-electron chi connectivity index (χ3n) is 3.78. The van der Waals surface area contributed by atoms with E-state index in [-0.39, 0.29) is 0 Å². The van der Waals surface area contributed by atoms with Gasteiger partial charge in [0.25, 0.3) is 0 Å². The number of para-hydroxylation sites is 1. The van der Waals surface area contributed by atoms with Crippen LogP contribution in [0.15, 0.2) is 90.3 Å². The lowest BCUT2D eigenvalue weighted by Gasteiger charge is -2.10. The van der Waals surface area contributed by atoms with E-state index in [4.69, 9.17) is 0 Å². The van der Waals surface area contributed by atoms with Gasteiger partial charge in [0.05, 0.1) is 0 Å². The van der Waals surface area contributed by atoms with Crippen molar-refractivity contribution in [2.45, 2.75) is 10.9 Å². The first kappa shape index (κ1) is 15.6. The van der Waals surface area contributed by atoms with E-state index >= 15 is 0 Å². The average molecular weight is 344 g/mol. The number of hydrogen-bond donors (Lipinski definition) is 0. The Hall–Kier alpha value is -2.92. The minimum atomic E-state index is 0.801. The SMILES string of the molecule is c1ccc(CSc2nnc(-c3cccnc3)n2-c2ccccc2)cc1. The van der Waals surface area contributed by atoms with E-state index < -0.39 is 0 Å². The molecule has 4 nitrogen and oxygen atoms in total. The maximum atomic E-state index is 4.43. The zero-order valence-corrected chi connectivity index (χ0v) is 14.3. The van der Waals surface area contributed by atoms with Crippen molar-refractivity contribution in [3.63, 3.8) is 0 Å². The molecule has 0 aliphatic heterocycles. The summed E-state index contributed by atoms with van der Waals surface area (Å²) >= 11 is 1.68. The van der Waals surface area contributed by atoms with Crippen LogP contribution in [0.4, 0.5) is 0 Å². The summed E-state index contributed by atoms with van der Waals surface area (Å²) in [6, 6.07) is 24.5. The molecule has 0 saturated carbocycles. The van der Waals surface area contributed by atoms with Crippen molar-refractivity contribution >= 4 is 11.8 Å². The summed E-state index contributed by atoms with van der Waals surface area (Å²) < 4.78 is 2.09. The van der Waals surface area contributed by atoms with Gasteiger partial charge in [0.15, 0.2) is 11.0 Å². The molecule has 0 bridgehead atoms. The Labute approximate surface area is 150 Å². The molecule has 0 N–H and O–H groups in total. The average Bonchev–Trinajstić information content (AvgIpc) is 3.12. The zero-order chi connectivity index (χ0) is 16.9. The van der Waals surface area contributed by atoms with Gasteiger partial charge in [-0.2, -0.15) is 0 Å². The van der Waals surface area contributed by atoms with Crippen LogP contribution >= 0.6 is 11.8 Å². The van der Waals surface area contributed by atoms with Crippen molar-refractivity contribution in [2.75, 3.05) is 0 Å². The Kier molecular flexibility index (Phi) is 4.57. The summed E-state index contributed by atoms with van der Waals surface area (Å²) in [7, 11) is 0. The van der Waals surface area contributed by atoms with Crippen LogP contribution in [0.2, 0.25) is 0 Å². The molecular formula is C20H16N4S. The fraction of sp³-hybridized carbons (Fsp3) is 0.0500. The van der Waals surface area contributed by atoms with Crippen LogP contribution in [0.5, 0.6) is 0 Å². The number of thioether (sulfide) groups is 1. The second-order valence-electron chi connectivity index (χ2n) is 5.49. The van der Waals surface area contributed by atoms with Crippen molar-refractivity contribution in [3.8, 4) is 17.1 Å². The predicted octanol–water partition coefficient (Wildman–Crippen LogP) is 4.62. The maximum Gasteiger partial charge on any atom is 0.196 e. The minimum absolute atomic E-state index is 0.801. The molecule has 0 radical (unpaired) electrons. The quantitative estimate of drug-likeness (QED) is 0.495. The van der Waals surface area contributed by atoms with Crippen LogP contribution in [0, 0.1) is 0 Å². The van der Waals surface area contributed by atoms with Crippen LogP contribution < -0.4 is 0 Å². The molecule has 2 aromatic carbocycles. The van der Waals surface area contributed by atoms with Crippen LogP contribution in [-0.4, -0.2) is 19.7 Å². The Morgan fingerprint density at radius 3 is 2.28 bits per heavy atom. The third kappa shape index (κ3) is 3.46. The molecule has 0 amide bonds. The van der Waals surface area contributed by atoms with E-state index in [2.05, 4.69) is 56.1 Å². The fourth-order valence-corrected chi connectivity index (χ4v) is 3.49. The topological polar surface area (TPSA) is 43.6 Å². The number of pyridine rings is 1. The number of hydrogen-bond acceptors (Lipinski definition) is 4. The van der Waals surface area contributed by atoms with Gasteiger partial charge in [0.2, 0.25) is 0 Å². The van der Waals surface area contributed by atoms with Crippen molar-refractivity contribution in [1.82, 2.24) is 19.7 Å². The van der Waals surface area contributed by atoms with Gasteiger partial charge in [0, 0.05) is 29.4 Å². The molecule has 0 saturated heterocycles. The first-order chi connectivity index (χ1) is 12.4. The highest BCUT2D eigenvalue weighted by atomic mass is 32.2. The van der Waals surface area contributed by atoms with E-state index in [0.29, 0.717) is 0 Å². The van der Waals surface area contributed by atoms with E-state index in [0.717, 1.165) is 28.0 Å². The highest BCUT2D eigenvalue weighted by molar-refractivity contribution is 7.98. The molecule has 0 aliphatic rings. The molecule has 2 heterocycles. The molecule has 25 heavy (non-hydrogen) atoms. The predicted molar refractivity (Wildman–Crippen MR) is 101 cm³/mol. The zero-order valence-electron chi connectivity index (χ0n) is 13.5. The number of rotatable bonds is 5. The molecular weight excluding hydrogens is 328 g/mol. The summed E-state index contributed by atoms with van der Waals surface area (Å²) in [5.74, 6) is 1.65. The molecule has 0 fully saturated rings. The van der Waals surface area contributed by atoms with E-state index in [1.165, 1.54) is 5.56 Å². The van der Waals surface area contributed by atoms with Crippen molar-refractivity contribution < 1.29 is 0 Å². The lowest BCUT2D eigenvalue weighted by Crippen LogP contribution is -1.99. The van der Waals surface area contributed by atoms with Gasteiger partial charge in [0.1, 0.15) is 0 Å². The van der Waals surface area contributed by atoms with Crippen LogP contribution in [0.1, 0.15) is 5.56 Å². The van der Waals surface area contributed by atoms with Gasteiger partial charge in [-0.3, -0.25) is 9.55 Å². The Morgan fingerprint density at radius 2 is 1.56 bits per heavy atom. The summed E-state index contributed by atoms with van der Waals surface area (Å²) in [5, 5.41) is 9.73. The first-order valence-corrected chi connectivity index (χ1v) is 8.98. The van der Waals surface area contributed by atoms with Crippen LogP contribution in [-0.2, 0) is 5.75 Å². The van der Waals surface area contributed by atoms with Gasteiger partial charge in [-0.1, -0.05) is 60.3 Å². The summed E-state index contributed by atoms with van der Waals surface area (Å²) in [4.78, 5) is 4.21. The molecule has 2 aromatic heterocycles. The highest BCUT2D eigenvalue weighted by Crippen LogP contribution is 2.29. The third-order valence-corrected chi connectivity index (χ3v) is 4.78. The Bertz CT molecular complexity index is 937. The van der Waals surface area contributed by atoms with Gasteiger partial charge in [-0.15, -0.1) is 10.2 Å². The van der Waals surface area contributed by atoms with Gasteiger partial charge in [-0.25, -0.2) is 0 Å². The number of nitrogens with zero attached hydrogens (tertiary/aromatic N) is 4. The lowest BCUT2D eigenvalue weighted by atomic mass is 10.2. The highest BCUT2D eigenvalue weighted by Gasteiger charge is 2.16. The largest absolute Gasteiger partial charge is 0.270 e. The molecule has 0 aliphatic carbocycles. The van der Waals surface area contributed by atoms with Gasteiger partial charge >= 0.3 is 0 Å². The standard InChI is InChI=1S/C20H16N4S/c1-3-8-16(9-4-1)15-25-20-23-22-19(17-10-7-13-21-14-17)24(20)18-11-5-2-6-12-18/h1-14H,15H2. The van der Waals surface area contributed by atoms with Crippen molar-refractivity contribution in [1.29, 1.82) is 0 Å². The van der Waals surface area contributed by atoms with E-state index in [1.807, 2.05) is 42.6 Å². The second kappa shape index (κ2) is 7.32. The Morgan fingerprint density at radius 1 is 0.800 bits per heavy atom. The smallest absolute Gasteiger partial charge is 0.196 e. The van der Waals surface area contributed by atoms with Crippen LogP contribution in [0.3, 0.4) is 0 Å². The lowest BCUT2D eigenvalue weighted by molar-refractivity contribution is 0.886. The summed E-state index contributed by atoms with van der Waals surface area (Å²) in [6.07, 6.45) is 3.58. The van der Waals surface area contributed by atoms with E-state index in [9.17, 15) is 0 Å². The molecule has 0 atom stereocenters. The maximum absolute atomic E-state index is 4.43. The number of aromatic nitrogens is 4. The minimum Gasteiger partial charge on any atom is -0.270 e. The monoisotopic (exact) mass is 344 g/mol. The van der Waals surface area contributed by atoms with Crippen LogP contribution in [0.25, 0.3) is 17.1 Å². The van der Waals surface area contributed by atoms with Gasteiger partial charge < -0.3 is 0 Å². The second-order valence-corrected chi connectivity index (χ2v) is 6.44. The molecule has 0 unspecified atom stereocenters. The Balaban J connectivity index is 1.73. The number of benzene rings is 2. The molecule has 122 valence electrons. The molecule has 0 spiro atoms. The van der Waals surface area contributed by atoms with Crippen molar-refractivity contribution in [2.24, 2.45) is 0 Å². The molecule has 5 heteroatoms. The summed E-state index contributed by atoms with van der Waals surface area (Å²) in [5.41, 5.74) is 3.25. The fourth-order valence-electron chi connectivity index (χ4n) is 2.58. The first-order valence-electron chi connectivity index (χ1n) is 8.00. The van der Waals surface area contributed by atoms with E-state index in [1.54, 1.807) is 18.0 Å². The molecule has 4 aromatic rings. The van der Waals surface area contributed by atoms with Gasteiger partial charge in [-0.05, 0) is 29.8 Å². The normalized spacial score (nSPS) is 10.7. The molecule has 4 rings (SSSR count).